The van der Waals surface area contributed by atoms with Crippen LogP contribution in [0.25, 0.3) is 5.57 Å². The quantitative estimate of drug-likeness (QED) is 0.503. The predicted octanol–water partition coefficient (Wildman–Crippen LogP) is 3.93. The lowest BCUT2D eigenvalue weighted by molar-refractivity contribution is -0.137. The van der Waals surface area contributed by atoms with E-state index < -0.39 is 0 Å². The van der Waals surface area contributed by atoms with Crippen LogP contribution in [0.4, 0.5) is 5.69 Å². The predicted molar refractivity (Wildman–Crippen MR) is 117 cm³/mol. The van der Waals surface area contributed by atoms with E-state index in [1.165, 1.54) is 4.90 Å². The Bertz CT molecular complexity index is 964. The number of carbonyl (C=O) groups excluding carboxylic acids is 2. The Kier molecular flexibility index (Phi) is 6.90. The van der Waals surface area contributed by atoms with Gasteiger partial charge in [-0.2, -0.15) is 0 Å². The van der Waals surface area contributed by atoms with Gasteiger partial charge in [-0.05, 0) is 62.1 Å². The average Bonchev–Trinajstić information content (AvgIpc) is 2.98. The molecule has 0 atom stereocenters. The van der Waals surface area contributed by atoms with Crippen LogP contribution in [-0.2, 0) is 14.3 Å². The molecular formula is C24H28N2O4. The summed E-state index contributed by atoms with van der Waals surface area (Å²) in [7, 11) is 1.59. The highest BCUT2D eigenvalue weighted by Gasteiger charge is 2.39. The molecule has 1 aliphatic rings. The first-order valence-corrected chi connectivity index (χ1v) is 10.1. The smallest absolute Gasteiger partial charge is 0.278 e. The number of ether oxygens (including phenoxy) is 2. The Morgan fingerprint density at radius 3 is 2.40 bits per heavy atom. The van der Waals surface area contributed by atoms with E-state index in [0.717, 1.165) is 16.8 Å². The lowest BCUT2D eigenvalue weighted by atomic mass is 10.0. The molecule has 0 aromatic heterocycles. The van der Waals surface area contributed by atoms with Crippen LogP contribution in [0.3, 0.4) is 0 Å². The molecule has 0 fully saturated rings. The van der Waals surface area contributed by atoms with E-state index in [0.29, 0.717) is 48.8 Å². The van der Waals surface area contributed by atoms with Gasteiger partial charge in [0.25, 0.3) is 11.8 Å². The van der Waals surface area contributed by atoms with Crippen molar-refractivity contribution in [3.63, 3.8) is 0 Å². The number of anilines is 1. The minimum Gasteiger partial charge on any atom is -0.497 e. The molecule has 3 rings (SSSR count). The van der Waals surface area contributed by atoms with Crippen LogP contribution in [0, 0.1) is 13.8 Å². The Labute approximate surface area is 177 Å². The summed E-state index contributed by atoms with van der Waals surface area (Å²) in [5.41, 5.74) is 4.23. The number of amides is 2. The highest BCUT2D eigenvalue weighted by atomic mass is 16.5. The molecule has 2 aromatic rings. The van der Waals surface area contributed by atoms with Crippen molar-refractivity contribution in [3.05, 3.63) is 64.9 Å². The van der Waals surface area contributed by atoms with Crippen molar-refractivity contribution in [2.75, 3.05) is 32.2 Å². The number of methoxy groups -OCH3 is 1. The molecule has 2 aromatic carbocycles. The van der Waals surface area contributed by atoms with Crippen molar-refractivity contribution < 1.29 is 19.1 Å². The normalized spacial score (nSPS) is 13.9. The second kappa shape index (κ2) is 9.59. The molecule has 0 aliphatic carbocycles. The first-order chi connectivity index (χ1) is 14.5. The van der Waals surface area contributed by atoms with Crippen molar-refractivity contribution in [2.24, 2.45) is 0 Å². The fourth-order valence-electron chi connectivity index (χ4n) is 3.39. The van der Waals surface area contributed by atoms with E-state index in [1.807, 2.05) is 39.0 Å². The summed E-state index contributed by atoms with van der Waals surface area (Å²) in [4.78, 5) is 27.7. The van der Waals surface area contributed by atoms with Gasteiger partial charge in [-0.3, -0.25) is 14.5 Å². The molecule has 0 saturated heterocycles. The molecule has 158 valence electrons. The van der Waals surface area contributed by atoms with E-state index in [9.17, 15) is 9.59 Å². The first-order valence-electron chi connectivity index (χ1n) is 10.1. The number of nitrogens with zero attached hydrogens (tertiary/aromatic N) is 1. The highest BCUT2D eigenvalue weighted by Crippen LogP contribution is 2.32. The summed E-state index contributed by atoms with van der Waals surface area (Å²) < 4.78 is 10.6. The largest absolute Gasteiger partial charge is 0.497 e. The molecule has 1 N–H and O–H groups in total. The molecule has 0 bridgehead atoms. The second-order valence-electron chi connectivity index (χ2n) is 7.23. The number of hydrogen-bond acceptors (Lipinski definition) is 5. The number of carbonyl (C=O) groups is 2. The molecule has 6 nitrogen and oxygen atoms in total. The third-order valence-electron chi connectivity index (χ3n) is 5.07. The fraction of sp³-hybridized carbons (Fsp3) is 0.333. The van der Waals surface area contributed by atoms with Crippen LogP contribution < -0.4 is 10.1 Å². The maximum atomic E-state index is 13.2. The molecule has 0 unspecified atom stereocenters. The van der Waals surface area contributed by atoms with Gasteiger partial charge in [0, 0.05) is 25.4 Å². The summed E-state index contributed by atoms with van der Waals surface area (Å²) in [5.74, 6) is 0.0754. The van der Waals surface area contributed by atoms with Crippen molar-refractivity contribution in [1.82, 2.24) is 4.90 Å². The van der Waals surface area contributed by atoms with Crippen LogP contribution in [0.1, 0.15) is 30.0 Å². The minimum atomic E-state index is -0.316. The standard InChI is InChI=1S/C24H28N2O4/c1-5-30-14-6-13-26-23(27)21(18-9-11-19(29-4)12-10-18)22(24(26)28)25-20-15-16(2)7-8-17(20)3/h7-12,15,25H,5-6,13-14H2,1-4H3. The third-order valence-corrected chi connectivity index (χ3v) is 5.07. The Morgan fingerprint density at radius 1 is 1.00 bits per heavy atom. The molecule has 2 amide bonds. The van der Waals surface area contributed by atoms with Gasteiger partial charge in [0.2, 0.25) is 0 Å². The van der Waals surface area contributed by atoms with Gasteiger partial charge in [0.1, 0.15) is 11.4 Å². The summed E-state index contributed by atoms with van der Waals surface area (Å²) in [6.07, 6.45) is 0.595. The van der Waals surface area contributed by atoms with E-state index >= 15 is 0 Å². The van der Waals surface area contributed by atoms with Crippen LogP contribution >= 0.6 is 0 Å². The van der Waals surface area contributed by atoms with Crippen LogP contribution in [0.15, 0.2) is 48.2 Å². The number of nitrogens with one attached hydrogen (secondary N) is 1. The number of hydrogen-bond donors (Lipinski definition) is 1. The van der Waals surface area contributed by atoms with Crippen molar-refractivity contribution in [3.8, 4) is 5.75 Å². The Balaban J connectivity index is 1.97. The zero-order valence-corrected chi connectivity index (χ0v) is 18.0. The second-order valence-corrected chi connectivity index (χ2v) is 7.23. The van der Waals surface area contributed by atoms with Gasteiger partial charge in [0.15, 0.2) is 0 Å². The van der Waals surface area contributed by atoms with Crippen molar-refractivity contribution in [1.29, 1.82) is 0 Å². The topological polar surface area (TPSA) is 67.9 Å². The number of benzene rings is 2. The van der Waals surface area contributed by atoms with E-state index in [1.54, 1.807) is 31.4 Å². The Morgan fingerprint density at radius 2 is 1.73 bits per heavy atom. The number of imide groups is 1. The van der Waals surface area contributed by atoms with Gasteiger partial charge in [-0.15, -0.1) is 0 Å². The van der Waals surface area contributed by atoms with Crippen molar-refractivity contribution >= 4 is 23.1 Å². The van der Waals surface area contributed by atoms with Crippen molar-refractivity contribution in [2.45, 2.75) is 27.2 Å². The third kappa shape index (κ3) is 4.54. The number of aryl methyl sites for hydroxylation is 2. The first kappa shape index (κ1) is 21.6. The number of rotatable bonds is 9. The zero-order valence-electron chi connectivity index (χ0n) is 18.0. The van der Waals surface area contributed by atoms with Gasteiger partial charge < -0.3 is 14.8 Å². The maximum Gasteiger partial charge on any atom is 0.278 e. The fourth-order valence-corrected chi connectivity index (χ4v) is 3.39. The summed E-state index contributed by atoms with van der Waals surface area (Å²) in [6.45, 7) is 7.31. The molecule has 1 aliphatic heterocycles. The molecule has 0 saturated carbocycles. The molecule has 6 heteroatoms. The van der Waals surface area contributed by atoms with Gasteiger partial charge in [0.05, 0.1) is 12.7 Å². The molecule has 30 heavy (non-hydrogen) atoms. The summed E-state index contributed by atoms with van der Waals surface area (Å²) in [5, 5.41) is 3.24. The minimum absolute atomic E-state index is 0.297. The van der Waals surface area contributed by atoms with E-state index in [2.05, 4.69) is 5.32 Å². The highest BCUT2D eigenvalue weighted by molar-refractivity contribution is 6.36. The van der Waals surface area contributed by atoms with Crippen LogP contribution in [0.5, 0.6) is 5.75 Å². The Hall–Kier alpha value is -3.12. The van der Waals surface area contributed by atoms with E-state index in [4.69, 9.17) is 9.47 Å². The van der Waals surface area contributed by atoms with Crippen LogP contribution in [0.2, 0.25) is 0 Å². The lowest BCUT2D eigenvalue weighted by Gasteiger charge is -2.15. The van der Waals surface area contributed by atoms with E-state index in [-0.39, 0.29) is 11.8 Å². The maximum absolute atomic E-state index is 13.2. The average molecular weight is 408 g/mol. The lowest BCUT2D eigenvalue weighted by Crippen LogP contribution is -2.34. The molecule has 0 radical (unpaired) electrons. The van der Waals surface area contributed by atoms with Gasteiger partial charge in [-0.25, -0.2) is 0 Å². The van der Waals surface area contributed by atoms with Gasteiger partial charge >= 0.3 is 0 Å². The summed E-state index contributed by atoms with van der Waals surface area (Å²) in [6, 6.07) is 13.2. The summed E-state index contributed by atoms with van der Waals surface area (Å²) >= 11 is 0. The molecule has 1 heterocycles. The van der Waals surface area contributed by atoms with Crippen LogP contribution in [-0.4, -0.2) is 43.6 Å². The molecular weight excluding hydrogens is 380 g/mol. The monoisotopic (exact) mass is 408 g/mol. The SMILES string of the molecule is CCOCCCN1C(=O)C(Nc2cc(C)ccc2C)=C(c2ccc(OC)cc2)C1=O. The molecule has 0 spiro atoms. The van der Waals surface area contributed by atoms with Gasteiger partial charge in [-0.1, -0.05) is 24.3 Å². The zero-order chi connectivity index (χ0) is 21.7.